The van der Waals surface area contributed by atoms with Crippen molar-refractivity contribution in [3.8, 4) is 0 Å². The van der Waals surface area contributed by atoms with Gasteiger partial charge in [-0.3, -0.25) is 20.4 Å². The Balaban J connectivity index is 2.54. The molecule has 1 heterocycles. The second kappa shape index (κ2) is 9.39. The van der Waals surface area contributed by atoms with E-state index in [0.717, 1.165) is 39.5 Å². The molecule has 6 nitrogen and oxygen atoms in total. The summed E-state index contributed by atoms with van der Waals surface area (Å²) in [5.41, 5.74) is 8.64. The van der Waals surface area contributed by atoms with E-state index in [1.165, 1.54) is 0 Å². The molecule has 0 aliphatic rings. The van der Waals surface area contributed by atoms with Crippen molar-refractivity contribution in [3.63, 3.8) is 0 Å². The van der Waals surface area contributed by atoms with Gasteiger partial charge in [-0.05, 0) is 54.0 Å². The normalized spacial score (nSPS) is 12.8. The number of anilines is 1. The van der Waals surface area contributed by atoms with Crippen LogP contribution in [0.2, 0.25) is 0 Å². The van der Waals surface area contributed by atoms with Crippen LogP contribution in [-0.2, 0) is 4.84 Å². The van der Waals surface area contributed by atoms with Crippen LogP contribution in [0.4, 0.5) is 5.69 Å². The third-order valence-corrected chi connectivity index (χ3v) is 3.87. The van der Waals surface area contributed by atoms with Crippen LogP contribution in [-0.4, -0.2) is 37.2 Å². The minimum Gasteiger partial charge on any atom is -0.373 e. The zero-order valence-corrected chi connectivity index (χ0v) is 15.6. The van der Waals surface area contributed by atoms with Gasteiger partial charge in [0.05, 0.1) is 18.5 Å². The third kappa shape index (κ3) is 4.49. The van der Waals surface area contributed by atoms with Crippen molar-refractivity contribution in [1.29, 1.82) is 0 Å². The number of allylic oxidation sites excluding steroid dienone is 5. The van der Waals surface area contributed by atoms with E-state index in [4.69, 9.17) is 4.84 Å². The van der Waals surface area contributed by atoms with Crippen molar-refractivity contribution in [1.82, 2.24) is 15.5 Å². The summed E-state index contributed by atoms with van der Waals surface area (Å²) in [5.74, 6) is 0.794. The lowest BCUT2D eigenvalue weighted by molar-refractivity contribution is 0.271. The lowest BCUT2D eigenvalue weighted by Crippen LogP contribution is -2.19. The van der Waals surface area contributed by atoms with Gasteiger partial charge < -0.3 is 5.32 Å². The first-order valence-corrected chi connectivity index (χ1v) is 8.26. The van der Waals surface area contributed by atoms with Gasteiger partial charge in [0, 0.05) is 25.9 Å². The summed E-state index contributed by atoms with van der Waals surface area (Å²) < 4.78 is 0. The molecule has 0 unspecified atom stereocenters. The molecule has 3 N–H and O–H groups in total. The Bertz CT molecular complexity index is 832. The molecule has 0 radical (unpaired) electrons. The van der Waals surface area contributed by atoms with Gasteiger partial charge >= 0.3 is 0 Å². The molecule has 2 aromatic rings. The summed E-state index contributed by atoms with van der Waals surface area (Å²) in [6.07, 6.45) is 7.65. The molecule has 0 spiro atoms. The number of H-pyrrole nitrogens is 1. The van der Waals surface area contributed by atoms with Gasteiger partial charge in [0.15, 0.2) is 0 Å². The van der Waals surface area contributed by atoms with Gasteiger partial charge in [0.25, 0.3) is 0 Å². The van der Waals surface area contributed by atoms with Gasteiger partial charge in [-0.15, -0.1) is 0 Å². The van der Waals surface area contributed by atoms with E-state index in [9.17, 15) is 0 Å². The van der Waals surface area contributed by atoms with Crippen molar-refractivity contribution in [2.75, 3.05) is 26.7 Å². The maximum Gasteiger partial charge on any atom is 0.127 e. The number of rotatable bonds is 7. The average Bonchev–Trinajstić information content (AvgIpc) is 3.18. The number of aromatic amines is 1. The fraction of sp³-hybridized carbons (Fsp3) is 0.200. The van der Waals surface area contributed by atoms with Crippen LogP contribution in [0.15, 0.2) is 60.3 Å². The summed E-state index contributed by atoms with van der Waals surface area (Å²) in [7, 11) is 5.19. The molecule has 2 rings (SSSR count). The van der Waals surface area contributed by atoms with Gasteiger partial charge in [-0.2, -0.15) is 5.10 Å². The lowest BCUT2D eigenvalue weighted by atomic mass is 9.98. The molecule has 26 heavy (non-hydrogen) atoms. The fourth-order valence-electron chi connectivity index (χ4n) is 2.66. The van der Waals surface area contributed by atoms with Gasteiger partial charge in [-0.25, -0.2) is 0 Å². The maximum absolute atomic E-state index is 5.08. The molecule has 0 fully saturated rings. The maximum atomic E-state index is 5.08. The fourth-order valence-corrected chi connectivity index (χ4v) is 2.66. The predicted molar refractivity (Wildman–Crippen MR) is 109 cm³/mol. The number of aliphatic imine (C=N–C) groups is 1. The Hall–Kier alpha value is -3.12. The van der Waals surface area contributed by atoms with E-state index in [-0.39, 0.29) is 0 Å². The first-order chi connectivity index (χ1) is 12.7. The van der Waals surface area contributed by atoms with Crippen LogP contribution in [0.5, 0.6) is 0 Å². The van der Waals surface area contributed by atoms with Gasteiger partial charge in [-0.1, -0.05) is 18.7 Å². The monoisotopic (exact) mass is 351 g/mol. The molecule has 0 saturated heterocycles. The van der Waals surface area contributed by atoms with E-state index in [1.807, 2.05) is 38.2 Å². The highest BCUT2D eigenvalue weighted by Crippen LogP contribution is 2.26. The minimum atomic E-state index is 0.794. The molecular formula is C20H25N5O. The summed E-state index contributed by atoms with van der Waals surface area (Å²) in [4.78, 5) is 9.38. The molecule has 0 saturated carbocycles. The molecule has 0 atom stereocenters. The second-order valence-electron chi connectivity index (χ2n) is 5.45. The van der Waals surface area contributed by atoms with E-state index < -0.39 is 0 Å². The molecule has 1 aromatic heterocycles. The van der Waals surface area contributed by atoms with Crippen molar-refractivity contribution < 1.29 is 4.84 Å². The SMILES string of the molecule is C=C/C(=C\C(=C/C)c1cc(NOC)cc(C(=NC)NC)c1)c1ccn[nH]1. The first-order valence-electron chi connectivity index (χ1n) is 8.26. The van der Waals surface area contributed by atoms with Gasteiger partial charge in [0.2, 0.25) is 0 Å². The number of amidine groups is 1. The molecule has 0 amide bonds. The molecule has 6 heteroatoms. The largest absolute Gasteiger partial charge is 0.373 e. The predicted octanol–water partition coefficient (Wildman–Crippen LogP) is 3.65. The topological polar surface area (TPSA) is 74.3 Å². The van der Waals surface area contributed by atoms with Crippen LogP contribution >= 0.6 is 0 Å². The van der Waals surface area contributed by atoms with Crippen LogP contribution in [0.25, 0.3) is 11.1 Å². The zero-order valence-electron chi connectivity index (χ0n) is 15.6. The van der Waals surface area contributed by atoms with E-state index in [0.29, 0.717) is 0 Å². The van der Waals surface area contributed by atoms with Crippen molar-refractivity contribution in [2.45, 2.75) is 6.92 Å². The number of aromatic nitrogens is 2. The molecule has 0 aliphatic heterocycles. The van der Waals surface area contributed by atoms with Gasteiger partial charge in [0.1, 0.15) is 5.84 Å². The quantitative estimate of drug-likeness (QED) is 0.308. The molecule has 1 aromatic carbocycles. The number of benzene rings is 1. The Morgan fingerprint density at radius 1 is 1.27 bits per heavy atom. The van der Waals surface area contributed by atoms with Crippen molar-refractivity contribution >= 4 is 22.7 Å². The third-order valence-electron chi connectivity index (χ3n) is 3.87. The van der Waals surface area contributed by atoms with Crippen molar-refractivity contribution in [2.24, 2.45) is 4.99 Å². The van der Waals surface area contributed by atoms with Crippen molar-refractivity contribution in [3.05, 3.63) is 72.1 Å². The Morgan fingerprint density at radius 3 is 2.58 bits per heavy atom. The summed E-state index contributed by atoms with van der Waals surface area (Å²) in [6, 6.07) is 8.00. The standard InChI is InChI=1S/C20H25N5O/c1-6-14(10-15(7-2)19-8-9-23-24-19)16-11-17(20(21-3)22-4)13-18(12-16)25-26-5/h6-13,25H,2H2,1,3-5H3,(H,21,22)(H,23,24)/b14-6+,15-10+. The highest BCUT2D eigenvalue weighted by Gasteiger charge is 2.09. The Kier molecular flexibility index (Phi) is 6.93. The average molecular weight is 351 g/mol. The Labute approximate surface area is 154 Å². The Morgan fingerprint density at radius 2 is 2.04 bits per heavy atom. The van der Waals surface area contributed by atoms with E-state index in [2.05, 4.69) is 50.8 Å². The van der Waals surface area contributed by atoms with E-state index in [1.54, 1.807) is 20.4 Å². The number of nitrogens with zero attached hydrogens (tertiary/aromatic N) is 2. The van der Waals surface area contributed by atoms with Crippen LogP contribution in [0.3, 0.4) is 0 Å². The summed E-state index contributed by atoms with van der Waals surface area (Å²) in [6.45, 7) is 5.92. The smallest absolute Gasteiger partial charge is 0.127 e. The minimum absolute atomic E-state index is 0.794. The number of hydrogen-bond donors (Lipinski definition) is 3. The summed E-state index contributed by atoms with van der Waals surface area (Å²) in [5, 5.41) is 10.1. The first kappa shape index (κ1) is 19.2. The second-order valence-corrected chi connectivity index (χ2v) is 5.45. The molecule has 136 valence electrons. The highest BCUT2D eigenvalue weighted by molar-refractivity contribution is 6.00. The lowest BCUT2D eigenvalue weighted by Gasteiger charge is -2.13. The molecular weight excluding hydrogens is 326 g/mol. The molecule has 0 bridgehead atoms. The summed E-state index contributed by atoms with van der Waals surface area (Å²) >= 11 is 0. The zero-order chi connectivity index (χ0) is 18.9. The molecule has 0 aliphatic carbocycles. The van der Waals surface area contributed by atoms with E-state index >= 15 is 0 Å². The highest BCUT2D eigenvalue weighted by atomic mass is 16.6. The van der Waals surface area contributed by atoms with Crippen LogP contribution in [0.1, 0.15) is 23.7 Å². The number of hydrogen-bond acceptors (Lipinski definition) is 4. The number of nitrogens with one attached hydrogen (secondary N) is 3. The van der Waals surface area contributed by atoms with Crippen LogP contribution in [0, 0.1) is 0 Å². The van der Waals surface area contributed by atoms with Crippen LogP contribution < -0.4 is 10.8 Å².